The number of ether oxygens (including phenoxy) is 2. The molecule has 3 nitrogen and oxygen atoms in total. The zero-order chi connectivity index (χ0) is 11.4. The van der Waals surface area contributed by atoms with Crippen molar-refractivity contribution in [2.24, 2.45) is 0 Å². The number of esters is 1. The molecular formula is C7H8F4O3. The van der Waals surface area contributed by atoms with Crippen molar-refractivity contribution in [3.8, 4) is 0 Å². The molecule has 0 aromatic rings. The Kier molecular flexibility index (Phi) is 4.55. The monoisotopic (exact) mass is 216 g/mol. The summed E-state index contributed by atoms with van der Waals surface area (Å²) < 4.78 is 56.0. The van der Waals surface area contributed by atoms with Gasteiger partial charge in [0.25, 0.3) is 6.36 Å². The third kappa shape index (κ3) is 3.73. The van der Waals surface area contributed by atoms with Crippen molar-refractivity contribution >= 4 is 5.97 Å². The van der Waals surface area contributed by atoms with Crippen LogP contribution in [0.3, 0.4) is 0 Å². The Morgan fingerprint density at radius 1 is 1.50 bits per heavy atom. The first kappa shape index (κ1) is 12.9. The molecule has 7 heteroatoms. The topological polar surface area (TPSA) is 35.5 Å². The Labute approximate surface area is 77.3 Å². The van der Waals surface area contributed by atoms with Crippen LogP contribution in [0.2, 0.25) is 0 Å². The highest BCUT2D eigenvalue weighted by atomic mass is 19.4. The molecule has 0 amide bonds. The summed E-state index contributed by atoms with van der Waals surface area (Å²) in [6.07, 6.45) is -10.1. The number of carbonyl (C=O) groups is 1. The second-order valence-electron chi connectivity index (χ2n) is 2.19. The van der Waals surface area contributed by atoms with Gasteiger partial charge in [-0.3, -0.25) is 0 Å². The van der Waals surface area contributed by atoms with E-state index in [1.54, 1.807) is 0 Å². The van der Waals surface area contributed by atoms with Gasteiger partial charge < -0.3 is 9.47 Å². The zero-order valence-electron chi connectivity index (χ0n) is 7.18. The van der Waals surface area contributed by atoms with E-state index in [-0.39, 0.29) is 0 Å². The van der Waals surface area contributed by atoms with E-state index in [0.717, 1.165) is 0 Å². The molecule has 0 radical (unpaired) electrons. The lowest BCUT2D eigenvalue weighted by molar-refractivity contribution is -0.262. The average Bonchev–Trinajstić information content (AvgIpc) is 2.02. The smallest absolute Gasteiger partial charge is 0.421 e. The van der Waals surface area contributed by atoms with Crippen LogP contribution in [-0.2, 0) is 14.3 Å². The summed E-state index contributed by atoms with van der Waals surface area (Å²) in [5.74, 6) is -1.29. The highest BCUT2D eigenvalue weighted by molar-refractivity contribution is 5.81. The summed E-state index contributed by atoms with van der Waals surface area (Å²) in [6, 6.07) is 0. The average molecular weight is 216 g/mol. The first-order chi connectivity index (χ1) is 6.32. The van der Waals surface area contributed by atoms with E-state index in [1.165, 1.54) is 0 Å². The highest BCUT2D eigenvalue weighted by Gasteiger charge is 2.47. The van der Waals surface area contributed by atoms with E-state index in [9.17, 15) is 22.4 Å². The molecule has 0 aliphatic carbocycles. The number of hydrogen-bond acceptors (Lipinski definition) is 3. The van der Waals surface area contributed by atoms with Crippen LogP contribution in [-0.4, -0.2) is 31.7 Å². The Morgan fingerprint density at radius 3 is 2.29 bits per heavy atom. The summed E-state index contributed by atoms with van der Waals surface area (Å²) in [7, 11) is 0.659. The minimum Gasteiger partial charge on any atom is -0.425 e. The van der Waals surface area contributed by atoms with Gasteiger partial charge in [0.2, 0.25) is 6.10 Å². The Hall–Kier alpha value is -1.11. The van der Waals surface area contributed by atoms with E-state index < -0.39 is 24.6 Å². The maximum atomic E-state index is 12.7. The van der Waals surface area contributed by atoms with E-state index in [0.29, 0.717) is 13.2 Å². The van der Waals surface area contributed by atoms with Crippen LogP contribution in [0.15, 0.2) is 12.7 Å². The normalized spacial score (nSPS) is 15.8. The zero-order valence-corrected chi connectivity index (χ0v) is 7.18. The van der Waals surface area contributed by atoms with Crippen molar-refractivity contribution < 1.29 is 31.8 Å². The molecular weight excluding hydrogens is 208 g/mol. The molecule has 0 fully saturated rings. The van der Waals surface area contributed by atoms with Crippen LogP contribution in [0.25, 0.3) is 0 Å². The number of halogens is 4. The van der Waals surface area contributed by atoms with Crippen molar-refractivity contribution in [3.63, 3.8) is 0 Å². The Morgan fingerprint density at radius 2 is 2.00 bits per heavy atom. The Bertz CT molecular complexity index is 213. The molecule has 2 atom stereocenters. The first-order valence-corrected chi connectivity index (χ1v) is 3.39. The quantitative estimate of drug-likeness (QED) is 0.406. The predicted octanol–water partition coefficient (Wildman–Crippen LogP) is 1.59. The number of carbonyl (C=O) groups excluding carboxylic acids is 1. The van der Waals surface area contributed by atoms with Crippen LogP contribution < -0.4 is 0 Å². The van der Waals surface area contributed by atoms with E-state index in [1.807, 2.05) is 0 Å². The molecule has 0 aliphatic heterocycles. The van der Waals surface area contributed by atoms with Gasteiger partial charge in [-0.05, 0) is 0 Å². The molecule has 0 spiro atoms. The van der Waals surface area contributed by atoms with Gasteiger partial charge in [0.1, 0.15) is 0 Å². The fourth-order valence-corrected chi connectivity index (χ4v) is 0.610. The predicted molar refractivity (Wildman–Crippen MR) is 38.0 cm³/mol. The fourth-order valence-electron chi connectivity index (χ4n) is 0.610. The minimum absolute atomic E-state index is 0.551. The lowest BCUT2D eigenvalue weighted by Crippen LogP contribution is -2.41. The molecule has 0 saturated heterocycles. The van der Waals surface area contributed by atoms with Crippen molar-refractivity contribution in [1.82, 2.24) is 0 Å². The third-order valence-electron chi connectivity index (χ3n) is 1.21. The maximum Gasteiger partial charge on any atom is 0.421 e. The van der Waals surface area contributed by atoms with Gasteiger partial charge in [0, 0.05) is 13.2 Å². The molecule has 2 unspecified atom stereocenters. The van der Waals surface area contributed by atoms with E-state index in [4.69, 9.17) is 0 Å². The molecule has 0 aliphatic rings. The number of alkyl halides is 4. The molecule has 0 aromatic heterocycles. The molecule has 0 bridgehead atoms. The van der Waals surface area contributed by atoms with Gasteiger partial charge >= 0.3 is 12.1 Å². The van der Waals surface area contributed by atoms with Gasteiger partial charge in [0.15, 0.2) is 0 Å². The van der Waals surface area contributed by atoms with Crippen LogP contribution in [0.1, 0.15) is 0 Å². The Balaban J connectivity index is 4.39. The van der Waals surface area contributed by atoms with Gasteiger partial charge in [-0.2, -0.15) is 17.6 Å². The molecule has 0 N–H and O–H groups in total. The number of rotatable bonds is 4. The van der Waals surface area contributed by atoms with Crippen LogP contribution in [0.4, 0.5) is 17.6 Å². The van der Waals surface area contributed by atoms with Crippen molar-refractivity contribution in [2.45, 2.75) is 18.6 Å². The molecule has 0 saturated carbocycles. The summed E-state index contributed by atoms with van der Waals surface area (Å²) in [5.41, 5.74) is 0. The van der Waals surface area contributed by atoms with Crippen molar-refractivity contribution in [3.05, 3.63) is 12.7 Å². The number of methoxy groups -OCH3 is 1. The fraction of sp³-hybridized carbons (Fsp3) is 0.571. The summed E-state index contributed by atoms with van der Waals surface area (Å²) in [4.78, 5) is 10.4. The van der Waals surface area contributed by atoms with E-state index >= 15 is 0 Å². The van der Waals surface area contributed by atoms with Crippen LogP contribution in [0.5, 0.6) is 0 Å². The van der Waals surface area contributed by atoms with Crippen LogP contribution in [0, 0.1) is 0 Å². The van der Waals surface area contributed by atoms with Crippen molar-refractivity contribution in [2.75, 3.05) is 7.11 Å². The second-order valence-corrected chi connectivity index (χ2v) is 2.19. The maximum absolute atomic E-state index is 12.7. The molecule has 82 valence electrons. The molecule has 0 heterocycles. The largest absolute Gasteiger partial charge is 0.425 e. The third-order valence-corrected chi connectivity index (χ3v) is 1.21. The molecule has 14 heavy (non-hydrogen) atoms. The molecule has 0 rings (SSSR count). The first-order valence-electron chi connectivity index (χ1n) is 3.39. The van der Waals surface area contributed by atoms with E-state index in [2.05, 4.69) is 16.1 Å². The molecule has 0 aromatic carbocycles. The van der Waals surface area contributed by atoms with Gasteiger partial charge in [0.05, 0.1) is 0 Å². The summed E-state index contributed by atoms with van der Waals surface area (Å²) >= 11 is 0. The van der Waals surface area contributed by atoms with Gasteiger partial charge in [-0.25, -0.2) is 4.79 Å². The van der Waals surface area contributed by atoms with Crippen molar-refractivity contribution in [1.29, 1.82) is 0 Å². The minimum atomic E-state index is -4.93. The van der Waals surface area contributed by atoms with Gasteiger partial charge in [-0.1, -0.05) is 6.58 Å². The lowest BCUT2D eigenvalue weighted by Gasteiger charge is -2.21. The lowest BCUT2D eigenvalue weighted by atomic mass is 10.3. The van der Waals surface area contributed by atoms with Crippen LogP contribution >= 0.6 is 0 Å². The summed E-state index contributed by atoms with van der Waals surface area (Å²) in [6.45, 7) is 2.90. The van der Waals surface area contributed by atoms with Gasteiger partial charge in [-0.15, -0.1) is 0 Å². The summed E-state index contributed by atoms with van der Waals surface area (Å²) in [5, 5.41) is 0. The second kappa shape index (κ2) is 4.94. The highest BCUT2D eigenvalue weighted by Crippen LogP contribution is 2.26. The standard InChI is InChI=1S/C7H8F4O3/c1-3-4(12)14-6(8)5(13-2)7(9,10)11/h3,5-6H,1H2,2H3. The SMILES string of the molecule is C=CC(=O)OC(F)C(OC)C(F)(F)F. The number of hydrogen-bond donors (Lipinski definition) is 0.